The minimum absolute atomic E-state index is 0.414. The number of nitrogens with zero attached hydrogens (tertiary/aromatic N) is 3. The molecule has 120 valence electrons. The van der Waals surface area contributed by atoms with Gasteiger partial charge < -0.3 is 10.0 Å². The molecule has 0 saturated carbocycles. The van der Waals surface area contributed by atoms with Crippen molar-refractivity contribution in [2.24, 2.45) is 5.92 Å². The van der Waals surface area contributed by atoms with E-state index in [-0.39, 0.29) is 0 Å². The molecular weight excluding hydrogens is 290 g/mol. The number of aryl methyl sites for hydroxylation is 2. The Labute approximate surface area is 136 Å². The summed E-state index contributed by atoms with van der Waals surface area (Å²) in [7, 11) is 0. The number of rotatable bonds is 4. The summed E-state index contributed by atoms with van der Waals surface area (Å²) in [6.07, 6.45) is 3.62. The number of benzene rings is 1. The van der Waals surface area contributed by atoms with E-state index in [1.54, 1.807) is 18.3 Å². The monoisotopic (exact) mass is 311 g/mol. The SMILES string of the molecule is Cc1cnc(C)c(N2CCC(Cc3ccccc3C(=O)O)C2)n1. The molecule has 1 aromatic carbocycles. The molecule has 5 heteroatoms. The number of anilines is 1. The number of carboxylic acid groups (broad SMARTS) is 1. The Hall–Kier alpha value is -2.43. The second-order valence-corrected chi connectivity index (χ2v) is 6.19. The Morgan fingerprint density at radius 2 is 2.13 bits per heavy atom. The van der Waals surface area contributed by atoms with Crippen LogP contribution in [0.15, 0.2) is 30.5 Å². The van der Waals surface area contributed by atoms with Crippen LogP contribution in [0.2, 0.25) is 0 Å². The standard InChI is InChI=1S/C18H21N3O2/c1-12-10-19-13(2)17(20-12)21-8-7-14(11-21)9-15-5-3-4-6-16(15)18(22)23/h3-6,10,14H,7-9,11H2,1-2H3,(H,22,23). The number of hydrogen-bond donors (Lipinski definition) is 1. The molecule has 0 amide bonds. The van der Waals surface area contributed by atoms with Crippen molar-refractivity contribution in [3.8, 4) is 0 Å². The van der Waals surface area contributed by atoms with Gasteiger partial charge in [0.2, 0.25) is 0 Å². The van der Waals surface area contributed by atoms with Crippen LogP contribution < -0.4 is 4.90 Å². The van der Waals surface area contributed by atoms with E-state index in [4.69, 9.17) is 0 Å². The van der Waals surface area contributed by atoms with Crippen molar-refractivity contribution in [1.29, 1.82) is 0 Å². The highest BCUT2D eigenvalue weighted by atomic mass is 16.4. The maximum atomic E-state index is 11.3. The van der Waals surface area contributed by atoms with Crippen molar-refractivity contribution in [2.75, 3.05) is 18.0 Å². The van der Waals surface area contributed by atoms with Crippen LogP contribution in [0.5, 0.6) is 0 Å². The molecule has 23 heavy (non-hydrogen) atoms. The van der Waals surface area contributed by atoms with E-state index in [0.717, 1.165) is 48.7 Å². The first-order chi connectivity index (χ1) is 11.0. The summed E-state index contributed by atoms with van der Waals surface area (Å²) in [5.74, 6) is 0.548. The fourth-order valence-corrected chi connectivity index (χ4v) is 3.23. The van der Waals surface area contributed by atoms with E-state index >= 15 is 0 Å². The number of aromatic carboxylic acids is 1. The molecular formula is C18H21N3O2. The van der Waals surface area contributed by atoms with Crippen LogP contribution in [0, 0.1) is 19.8 Å². The lowest BCUT2D eigenvalue weighted by molar-refractivity contribution is 0.0695. The molecule has 1 saturated heterocycles. The quantitative estimate of drug-likeness (QED) is 0.940. The summed E-state index contributed by atoms with van der Waals surface area (Å²) in [5, 5.41) is 9.31. The minimum Gasteiger partial charge on any atom is -0.478 e. The molecule has 0 radical (unpaired) electrons. The predicted octanol–water partition coefficient (Wildman–Crippen LogP) is 2.86. The van der Waals surface area contributed by atoms with Crippen molar-refractivity contribution < 1.29 is 9.90 Å². The first-order valence-electron chi connectivity index (χ1n) is 7.91. The van der Waals surface area contributed by atoms with E-state index in [0.29, 0.717) is 11.5 Å². The molecule has 0 bridgehead atoms. The second-order valence-electron chi connectivity index (χ2n) is 6.19. The molecule has 0 spiro atoms. The third kappa shape index (κ3) is 3.33. The minimum atomic E-state index is -0.851. The van der Waals surface area contributed by atoms with Crippen LogP contribution in [0.3, 0.4) is 0 Å². The van der Waals surface area contributed by atoms with Crippen molar-refractivity contribution in [2.45, 2.75) is 26.7 Å². The van der Waals surface area contributed by atoms with Crippen molar-refractivity contribution in [1.82, 2.24) is 9.97 Å². The van der Waals surface area contributed by atoms with E-state index in [9.17, 15) is 9.90 Å². The Balaban J connectivity index is 1.74. The average molecular weight is 311 g/mol. The Morgan fingerprint density at radius 3 is 2.91 bits per heavy atom. The fraction of sp³-hybridized carbons (Fsp3) is 0.389. The summed E-state index contributed by atoms with van der Waals surface area (Å²) < 4.78 is 0. The first-order valence-corrected chi connectivity index (χ1v) is 7.91. The van der Waals surface area contributed by atoms with Crippen LogP contribution >= 0.6 is 0 Å². The van der Waals surface area contributed by atoms with Crippen molar-refractivity contribution in [3.05, 3.63) is 53.0 Å². The molecule has 1 fully saturated rings. The van der Waals surface area contributed by atoms with Gasteiger partial charge in [-0.2, -0.15) is 0 Å². The van der Waals surface area contributed by atoms with Gasteiger partial charge in [0.1, 0.15) is 5.82 Å². The summed E-state index contributed by atoms with van der Waals surface area (Å²) in [6, 6.07) is 7.29. The summed E-state index contributed by atoms with van der Waals surface area (Å²) >= 11 is 0. The van der Waals surface area contributed by atoms with E-state index in [1.165, 1.54) is 0 Å². The highest BCUT2D eigenvalue weighted by molar-refractivity contribution is 5.89. The van der Waals surface area contributed by atoms with Crippen LogP contribution in [-0.2, 0) is 6.42 Å². The van der Waals surface area contributed by atoms with Gasteiger partial charge in [-0.3, -0.25) is 4.98 Å². The molecule has 3 rings (SSSR count). The molecule has 0 aliphatic carbocycles. The maximum Gasteiger partial charge on any atom is 0.335 e. The third-order valence-electron chi connectivity index (χ3n) is 4.39. The molecule has 1 N–H and O–H groups in total. The average Bonchev–Trinajstić information content (AvgIpc) is 2.98. The highest BCUT2D eigenvalue weighted by Crippen LogP contribution is 2.27. The van der Waals surface area contributed by atoms with Gasteiger partial charge in [0.25, 0.3) is 0 Å². The Bertz CT molecular complexity index is 730. The van der Waals surface area contributed by atoms with Gasteiger partial charge in [0.15, 0.2) is 0 Å². The molecule has 1 aromatic heterocycles. The van der Waals surface area contributed by atoms with E-state index in [1.807, 2.05) is 26.0 Å². The third-order valence-corrected chi connectivity index (χ3v) is 4.39. The summed E-state index contributed by atoms with van der Waals surface area (Å²) in [6.45, 7) is 5.77. The van der Waals surface area contributed by atoms with Crippen LogP contribution in [0.4, 0.5) is 5.82 Å². The van der Waals surface area contributed by atoms with Gasteiger partial charge in [-0.15, -0.1) is 0 Å². The smallest absolute Gasteiger partial charge is 0.335 e. The molecule has 5 nitrogen and oxygen atoms in total. The number of hydrogen-bond acceptors (Lipinski definition) is 4. The zero-order valence-electron chi connectivity index (χ0n) is 13.5. The van der Waals surface area contributed by atoms with E-state index < -0.39 is 5.97 Å². The molecule has 2 heterocycles. The first kappa shape index (κ1) is 15.5. The zero-order valence-corrected chi connectivity index (χ0v) is 13.5. The van der Waals surface area contributed by atoms with Gasteiger partial charge in [-0.25, -0.2) is 9.78 Å². The predicted molar refractivity (Wildman–Crippen MR) is 88.9 cm³/mol. The van der Waals surface area contributed by atoms with Crippen LogP contribution in [0.25, 0.3) is 0 Å². The Kier molecular flexibility index (Phi) is 4.28. The summed E-state index contributed by atoms with van der Waals surface area (Å²) in [4.78, 5) is 22.6. The van der Waals surface area contributed by atoms with Crippen LogP contribution in [-0.4, -0.2) is 34.1 Å². The van der Waals surface area contributed by atoms with Gasteiger partial charge in [-0.1, -0.05) is 18.2 Å². The normalized spacial score (nSPS) is 17.5. The number of carbonyl (C=O) groups is 1. The van der Waals surface area contributed by atoms with Gasteiger partial charge in [0.05, 0.1) is 17.0 Å². The molecule has 1 aliphatic heterocycles. The Morgan fingerprint density at radius 1 is 1.35 bits per heavy atom. The van der Waals surface area contributed by atoms with Crippen molar-refractivity contribution >= 4 is 11.8 Å². The lowest BCUT2D eigenvalue weighted by Gasteiger charge is -2.19. The largest absolute Gasteiger partial charge is 0.478 e. The van der Waals surface area contributed by atoms with E-state index in [2.05, 4.69) is 14.9 Å². The van der Waals surface area contributed by atoms with Gasteiger partial charge in [0, 0.05) is 19.3 Å². The second kappa shape index (κ2) is 6.36. The molecule has 1 aliphatic rings. The topological polar surface area (TPSA) is 66.3 Å². The zero-order chi connectivity index (χ0) is 16.4. The molecule has 2 aromatic rings. The molecule has 1 unspecified atom stereocenters. The highest BCUT2D eigenvalue weighted by Gasteiger charge is 2.26. The number of carboxylic acids is 1. The maximum absolute atomic E-state index is 11.3. The van der Waals surface area contributed by atoms with Gasteiger partial charge in [-0.05, 0) is 44.2 Å². The van der Waals surface area contributed by atoms with Crippen molar-refractivity contribution in [3.63, 3.8) is 0 Å². The van der Waals surface area contributed by atoms with Crippen LogP contribution in [0.1, 0.15) is 33.7 Å². The molecule has 1 atom stereocenters. The lowest BCUT2D eigenvalue weighted by Crippen LogP contribution is -2.23. The fourth-order valence-electron chi connectivity index (χ4n) is 3.23. The van der Waals surface area contributed by atoms with Gasteiger partial charge >= 0.3 is 5.97 Å². The summed E-state index contributed by atoms with van der Waals surface area (Å²) in [5.41, 5.74) is 3.20. The number of aromatic nitrogens is 2. The lowest BCUT2D eigenvalue weighted by atomic mass is 9.95.